The molecule has 1 amide bonds. The Morgan fingerprint density at radius 2 is 1.68 bits per heavy atom. The lowest BCUT2D eigenvalue weighted by atomic mass is 9.97. The van der Waals surface area contributed by atoms with Gasteiger partial charge in [-0.25, -0.2) is 0 Å². The maximum atomic E-state index is 12.5. The monoisotopic (exact) mass is 343 g/mol. The van der Waals surface area contributed by atoms with E-state index in [1.54, 1.807) is 32.4 Å². The van der Waals surface area contributed by atoms with E-state index in [4.69, 9.17) is 9.47 Å². The molecule has 0 atom stereocenters. The van der Waals surface area contributed by atoms with Crippen LogP contribution < -0.4 is 14.8 Å². The highest BCUT2D eigenvalue weighted by molar-refractivity contribution is 6.04. The van der Waals surface area contributed by atoms with Crippen LogP contribution in [0.1, 0.15) is 60.5 Å². The number of ether oxygens (including phenoxy) is 2. The van der Waals surface area contributed by atoms with Gasteiger partial charge in [-0.05, 0) is 25.0 Å². The van der Waals surface area contributed by atoms with E-state index in [0.717, 1.165) is 5.69 Å². The van der Waals surface area contributed by atoms with E-state index in [0.29, 0.717) is 28.8 Å². The second-order valence-corrected chi connectivity index (χ2v) is 6.45. The van der Waals surface area contributed by atoms with Gasteiger partial charge < -0.3 is 14.8 Å². The molecule has 0 unspecified atom stereocenters. The number of carbonyl (C=O) groups is 1. The van der Waals surface area contributed by atoms with Gasteiger partial charge in [-0.3, -0.25) is 9.89 Å². The number of anilines is 1. The molecule has 0 radical (unpaired) electrons. The minimum atomic E-state index is -0.240. The summed E-state index contributed by atoms with van der Waals surface area (Å²) in [6.07, 6.45) is 7.51. The fourth-order valence-corrected chi connectivity index (χ4v) is 3.33. The molecule has 0 spiro atoms. The molecule has 25 heavy (non-hydrogen) atoms. The fraction of sp³-hybridized carbons (Fsp3) is 0.474. The minimum Gasteiger partial charge on any atom is -0.497 e. The zero-order chi connectivity index (χ0) is 17.6. The molecule has 1 saturated carbocycles. The normalized spacial score (nSPS) is 15.4. The number of amides is 1. The van der Waals surface area contributed by atoms with Crippen molar-refractivity contribution in [3.8, 4) is 11.5 Å². The van der Waals surface area contributed by atoms with Gasteiger partial charge in [0.25, 0.3) is 5.91 Å². The Bertz CT molecular complexity index is 696. The molecule has 0 aliphatic heterocycles. The first-order valence-electron chi connectivity index (χ1n) is 8.79. The number of nitrogens with zero attached hydrogens (tertiary/aromatic N) is 1. The van der Waals surface area contributed by atoms with Gasteiger partial charge in [-0.1, -0.05) is 25.7 Å². The number of methoxy groups -OCH3 is 2. The van der Waals surface area contributed by atoms with Gasteiger partial charge >= 0.3 is 0 Å². The Balaban J connectivity index is 1.71. The van der Waals surface area contributed by atoms with E-state index in [-0.39, 0.29) is 5.91 Å². The number of aromatic nitrogens is 2. The predicted molar refractivity (Wildman–Crippen MR) is 96.5 cm³/mol. The van der Waals surface area contributed by atoms with Gasteiger partial charge in [0, 0.05) is 29.3 Å². The summed E-state index contributed by atoms with van der Waals surface area (Å²) in [4.78, 5) is 12.5. The molecular formula is C19H25N3O3. The summed E-state index contributed by atoms with van der Waals surface area (Å²) < 4.78 is 10.4. The first kappa shape index (κ1) is 17.3. The fourth-order valence-electron chi connectivity index (χ4n) is 3.33. The molecule has 2 aromatic rings. The third kappa shape index (κ3) is 4.32. The van der Waals surface area contributed by atoms with Crippen LogP contribution in [-0.4, -0.2) is 30.3 Å². The van der Waals surface area contributed by atoms with Crippen LogP contribution in [0.2, 0.25) is 0 Å². The van der Waals surface area contributed by atoms with E-state index in [9.17, 15) is 4.79 Å². The predicted octanol–water partition coefficient (Wildman–Crippen LogP) is 4.12. The van der Waals surface area contributed by atoms with Gasteiger partial charge in [-0.2, -0.15) is 5.10 Å². The average Bonchev–Trinajstić information content (AvgIpc) is 2.93. The number of carbonyl (C=O) groups excluding carboxylic acids is 1. The molecule has 2 N–H and O–H groups in total. The molecule has 1 aliphatic rings. The minimum absolute atomic E-state index is 0.240. The Morgan fingerprint density at radius 3 is 2.28 bits per heavy atom. The van der Waals surface area contributed by atoms with Crippen LogP contribution in [0.5, 0.6) is 11.5 Å². The highest BCUT2D eigenvalue weighted by Crippen LogP contribution is 2.31. The number of aromatic amines is 1. The molecule has 3 rings (SSSR count). The van der Waals surface area contributed by atoms with Crippen molar-refractivity contribution >= 4 is 11.7 Å². The van der Waals surface area contributed by atoms with Gasteiger partial charge in [0.1, 0.15) is 11.5 Å². The summed E-state index contributed by atoms with van der Waals surface area (Å²) >= 11 is 0. The Morgan fingerprint density at radius 1 is 1.04 bits per heavy atom. The van der Waals surface area contributed by atoms with Crippen LogP contribution in [0.3, 0.4) is 0 Å². The van der Waals surface area contributed by atoms with Gasteiger partial charge in [0.15, 0.2) is 5.82 Å². The summed E-state index contributed by atoms with van der Waals surface area (Å²) in [5, 5.41) is 10.2. The maximum Gasteiger partial charge on any atom is 0.257 e. The van der Waals surface area contributed by atoms with E-state index in [2.05, 4.69) is 15.5 Å². The van der Waals surface area contributed by atoms with Crippen molar-refractivity contribution in [2.24, 2.45) is 0 Å². The number of hydrogen-bond acceptors (Lipinski definition) is 4. The second-order valence-electron chi connectivity index (χ2n) is 6.45. The molecule has 6 nitrogen and oxygen atoms in total. The van der Waals surface area contributed by atoms with Crippen molar-refractivity contribution in [1.29, 1.82) is 0 Å². The lowest BCUT2D eigenvalue weighted by Crippen LogP contribution is -2.12. The third-order valence-corrected chi connectivity index (χ3v) is 4.75. The Labute approximate surface area is 147 Å². The molecule has 1 aromatic carbocycles. The van der Waals surface area contributed by atoms with Crippen molar-refractivity contribution in [2.75, 3.05) is 19.5 Å². The van der Waals surface area contributed by atoms with Crippen LogP contribution in [0.15, 0.2) is 24.3 Å². The topological polar surface area (TPSA) is 76.2 Å². The Hall–Kier alpha value is -2.50. The van der Waals surface area contributed by atoms with Crippen LogP contribution in [0.4, 0.5) is 5.82 Å². The molecule has 1 fully saturated rings. The lowest BCUT2D eigenvalue weighted by Gasteiger charge is -2.10. The van der Waals surface area contributed by atoms with Crippen molar-refractivity contribution in [2.45, 2.75) is 44.4 Å². The standard InChI is InChI=1S/C19H25N3O3/c1-24-15-9-14(10-16(11-15)25-2)19(23)20-18-12-17(21-22-18)13-7-5-3-4-6-8-13/h9-13H,3-8H2,1-2H3,(H2,20,21,22,23). The summed E-state index contributed by atoms with van der Waals surface area (Å²) in [5.74, 6) is 1.97. The zero-order valence-corrected chi connectivity index (χ0v) is 14.8. The van der Waals surface area contributed by atoms with E-state index < -0.39 is 0 Å². The van der Waals surface area contributed by atoms with Crippen LogP contribution in [-0.2, 0) is 0 Å². The average molecular weight is 343 g/mol. The lowest BCUT2D eigenvalue weighted by molar-refractivity contribution is 0.102. The van der Waals surface area contributed by atoms with Crippen LogP contribution in [0.25, 0.3) is 0 Å². The quantitative estimate of drug-likeness (QED) is 0.801. The van der Waals surface area contributed by atoms with Crippen molar-refractivity contribution < 1.29 is 14.3 Å². The highest BCUT2D eigenvalue weighted by Gasteiger charge is 2.18. The molecule has 134 valence electrons. The van der Waals surface area contributed by atoms with Gasteiger partial charge in [-0.15, -0.1) is 0 Å². The smallest absolute Gasteiger partial charge is 0.257 e. The van der Waals surface area contributed by atoms with Crippen LogP contribution in [0, 0.1) is 0 Å². The molecular weight excluding hydrogens is 318 g/mol. The van der Waals surface area contributed by atoms with Gasteiger partial charge in [0.05, 0.1) is 14.2 Å². The molecule has 0 bridgehead atoms. The SMILES string of the molecule is COc1cc(OC)cc(C(=O)Nc2cc(C3CCCCCC3)[nH]n2)c1. The molecule has 6 heteroatoms. The number of nitrogens with one attached hydrogen (secondary N) is 2. The van der Waals surface area contributed by atoms with Crippen molar-refractivity contribution in [1.82, 2.24) is 10.2 Å². The summed E-state index contributed by atoms with van der Waals surface area (Å²) in [7, 11) is 3.12. The number of hydrogen-bond donors (Lipinski definition) is 2. The first-order valence-corrected chi connectivity index (χ1v) is 8.79. The third-order valence-electron chi connectivity index (χ3n) is 4.75. The highest BCUT2D eigenvalue weighted by atomic mass is 16.5. The molecule has 1 aromatic heterocycles. The van der Waals surface area contributed by atoms with Gasteiger partial charge in [0.2, 0.25) is 0 Å². The summed E-state index contributed by atoms with van der Waals surface area (Å²) in [5.41, 5.74) is 1.58. The number of rotatable bonds is 5. The summed E-state index contributed by atoms with van der Waals surface area (Å²) in [6, 6.07) is 7.04. The van der Waals surface area contributed by atoms with Crippen LogP contribution >= 0.6 is 0 Å². The van der Waals surface area contributed by atoms with E-state index >= 15 is 0 Å². The molecule has 1 heterocycles. The number of H-pyrrole nitrogens is 1. The largest absolute Gasteiger partial charge is 0.497 e. The second kappa shape index (κ2) is 8.05. The molecule has 0 saturated heterocycles. The number of benzene rings is 1. The zero-order valence-electron chi connectivity index (χ0n) is 14.8. The van der Waals surface area contributed by atoms with Crippen molar-refractivity contribution in [3.05, 3.63) is 35.5 Å². The van der Waals surface area contributed by atoms with E-state index in [1.165, 1.54) is 38.5 Å². The van der Waals surface area contributed by atoms with Crippen molar-refractivity contribution in [3.63, 3.8) is 0 Å². The first-order chi connectivity index (χ1) is 12.2. The van der Waals surface area contributed by atoms with E-state index in [1.807, 2.05) is 6.07 Å². The molecule has 1 aliphatic carbocycles. The summed E-state index contributed by atoms with van der Waals surface area (Å²) in [6.45, 7) is 0. The maximum absolute atomic E-state index is 12.5. The Kier molecular flexibility index (Phi) is 5.58.